The highest BCUT2D eigenvalue weighted by atomic mass is 15.2. The Balaban J connectivity index is 2.13. The fourth-order valence-electron chi connectivity index (χ4n) is 2.93. The predicted molar refractivity (Wildman–Crippen MR) is 97.0 cm³/mol. The van der Waals surface area contributed by atoms with Gasteiger partial charge in [-0.2, -0.15) is 0 Å². The second-order valence-corrected chi connectivity index (χ2v) is 6.87. The summed E-state index contributed by atoms with van der Waals surface area (Å²) in [6, 6.07) is 24.0. The number of rotatable bonds is 2. The van der Waals surface area contributed by atoms with Crippen LogP contribution in [0.3, 0.4) is 0 Å². The van der Waals surface area contributed by atoms with Crippen LogP contribution in [-0.4, -0.2) is 5.54 Å². The molecule has 0 heterocycles. The summed E-state index contributed by atoms with van der Waals surface area (Å²) in [6.45, 7) is 8.88. The number of fused-ring (bicyclic) bond motifs is 1. The molecule has 1 nitrogen and oxygen atoms in total. The molecule has 0 spiro atoms. The van der Waals surface area contributed by atoms with E-state index in [1.807, 2.05) is 0 Å². The molecule has 112 valence electrons. The molecule has 0 aliphatic heterocycles. The summed E-state index contributed by atoms with van der Waals surface area (Å²) in [5.41, 5.74) is 3.76. The van der Waals surface area contributed by atoms with E-state index >= 15 is 0 Å². The van der Waals surface area contributed by atoms with Crippen LogP contribution in [0.4, 0.5) is 11.4 Å². The molecule has 0 amide bonds. The summed E-state index contributed by atoms with van der Waals surface area (Å²) in [7, 11) is 0. The Labute approximate surface area is 133 Å². The first-order valence-corrected chi connectivity index (χ1v) is 7.81. The molecule has 3 aromatic rings. The van der Waals surface area contributed by atoms with Crippen molar-refractivity contribution in [3.05, 3.63) is 72.3 Å². The van der Waals surface area contributed by atoms with Gasteiger partial charge in [0.25, 0.3) is 0 Å². The predicted octanol–water partition coefficient (Wildman–Crippen LogP) is 6.08. The summed E-state index contributed by atoms with van der Waals surface area (Å²) in [6.07, 6.45) is 0. The van der Waals surface area contributed by atoms with Crippen molar-refractivity contribution in [3.63, 3.8) is 0 Å². The average Bonchev–Trinajstić information content (AvgIpc) is 2.48. The SMILES string of the molecule is Cc1ccc(N(c2ccc3ccccc3c2)C(C)(C)C)cc1. The minimum atomic E-state index is 0.0116. The van der Waals surface area contributed by atoms with Crippen LogP contribution >= 0.6 is 0 Å². The first-order valence-electron chi connectivity index (χ1n) is 7.81. The summed E-state index contributed by atoms with van der Waals surface area (Å²) < 4.78 is 0. The monoisotopic (exact) mass is 289 g/mol. The second kappa shape index (κ2) is 5.49. The van der Waals surface area contributed by atoms with Gasteiger partial charge in [-0.15, -0.1) is 0 Å². The molecule has 0 radical (unpaired) electrons. The zero-order valence-electron chi connectivity index (χ0n) is 13.8. The molecule has 22 heavy (non-hydrogen) atoms. The summed E-state index contributed by atoms with van der Waals surface area (Å²) >= 11 is 0. The molecule has 3 rings (SSSR count). The van der Waals surface area contributed by atoms with E-state index in [1.54, 1.807) is 0 Å². The number of hydrogen-bond acceptors (Lipinski definition) is 1. The molecule has 0 atom stereocenters. The lowest BCUT2D eigenvalue weighted by Gasteiger charge is -2.38. The molecule has 0 aliphatic rings. The molecule has 0 bridgehead atoms. The van der Waals surface area contributed by atoms with E-state index in [4.69, 9.17) is 0 Å². The van der Waals surface area contributed by atoms with E-state index in [0.717, 1.165) is 0 Å². The normalized spacial score (nSPS) is 11.6. The molecule has 0 unspecified atom stereocenters. The van der Waals surface area contributed by atoms with Gasteiger partial charge in [-0.1, -0.05) is 48.0 Å². The number of nitrogens with zero attached hydrogens (tertiary/aromatic N) is 1. The number of benzene rings is 3. The molecular weight excluding hydrogens is 266 g/mol. The van der Waals surface area contributed by atoms with Crippen molar-refractivity contribution in [2.24, 2.45) is 0 Å². The fraction of sp³-hybridized carbons (Fsp3) is 0.238. The van der Waals surface area contributed by atoms with Crippen LogP contribution in [0.5, 0.6) is 0 Å². The van der Waals surface area contributed by atoms with Gasteiger partial charge in [-0.3, -0.25) is 0 Å². The third-order valence-corrected chi connectivity index (χ3v) is 3.95. The third-order valence-electron chi connectivity index (χ3n) is 3.95. The highest BCUT2D eigenvalue weighted by Crippen LogP contribution is 2.34. The Hall–Kier alpha value is -2.28. The van der Waals surface area contributed by atoms with Crippen molar-refractivity contribution >= 4 is 22.1 Å². The number of anilines is 2. The zero-order chi connectivity index (χ0) is 15.7. The van der Waals surface area contributed by atoms with E-state index in [2.05, 4.69) is 99.3 Å². The van der Waals surface area contributed by atoms with Crippen LogP contribution in [0.2, 0.25) is 0 Å². The van der Waals surface area contributed by atoms with Gasteiger partial charge in [-0.05, 0) is 62.7 Å². The average molecular weight is 289 g/mol. The van der Waals surface area contributed by atoms with Gasteiger partial charge in [-0.25, -0.2) is 0 Å². The van der Waals surface area contributed by atoms with Gasteiger partial charge in [0, 0.05) is 16.9 Å². The van der Waals surface area contributed by atoms with Crippen molar-refractivity contribution < 1.29 is 0 Å². The topological polar surface area (TPSA) is 3.24 Å². The van der Waals surface area contributed by atoms with E-state index < -0.39 is 0 Å². The van der Waals surface area contributed by atoms with Crippen LogP contribution < -0.4 is 4.90 Å². The lowest BCUT2D eigenvalue weighted by Crippen LogP contribution is -2.37. The molecule has 3 aromatic carbocycles. The Morgan fingerprint density at radius 1 is 0.682 bits per heavy atom. The fourth-order valence-corrected chi connectivity index (χ4v) is 2.93. The summed E-state index contributed by atoms with van der Waals surface area (Å²) in [5, 5.41) is 2.56. The Bertz CT molecular complexity index is 779. The lowest BCUT2D eigenvalue weighted by atomic mass is 10.0. The third kappa shape index (κ3) is 2.85. The number of hydrogen-bond donors (Lipinski definition) is 0. The molecule has 0 saturated carbocycles. The maximum Gasteiger partial charge on any atom is 0.0422 e. The van der Waals surface area contributed by atoms with Crippen LogP contribution in [0.15, 0.2) is 66.7 Å². The summed E-state index contributed by atoms with van der Waals surface area (Å²) in [4.78, 5) is 2.40. The van der Waals surface area contributed by atoms with Crippen LogP contribution in [-0.2, 0) is 0 Å². The van der Waals surface area contributed by atoms with Gasteiger partial charge in [0.05, 0.1) is 0 Å². The Kier molecular flexibility index (Phi) is 3.66. The van der Waals surface area contributed by atoms with Crippen molar-refractivity contribution in [1.82, 2.24) is 0 Å². The Morgan fingerprint density at radius 2 is 1.27 bits per heavy atom. The first-order chi connectivity index (χ1) is 10.4. The van der Waals surface area contributed by atoms with Crippen molar-refractivity contribution in [3.8, 4) is 0 Å². The van der Waals surface area contributed by atoms with Crippen molar-refractivity contribution in [1.29, 1.82) is 0 Å². The molecular formula is C21H23N. The standard InChI is InChI=1S/C21H23N/c1-16-9-12-19(13-10-16)22(21(2,3)4)20-14-11-17-7-5-6-8-18(17)15-20/h5-15H,1-4H3. The van der Waals surface area contributed by atoms with Crippen LogP contribution in [0, 0.1) is 6.92 Å². The molecule has 0 N–H and O–H groups in total. The van der Waals surface area contributed by atoms with Crippen LogP contribution in [0.25, 0.3) is 10.8 Å². The maximum absolute atomic E-state index is 2.40. The van der Waals surface area contributed by atoms with Gasteiger partial charge in [0.1, 0.15) is 0 Å². The minimum Gasteiger partial charge on any atom is -0.336 e. The molecule has 1 heteroatoms. The maximum atomic E-state index is 2.40. The van der Waals surface area contributed by atoms with Gasteiger partial charge in [0.15, 0.2) is 0 Å². The second-order valence-electron chi connectivity index (χ2n) is 6.87. The van der Waals surface area contributed by atoms with Gasteiger partial charge in [0.2, 0.25) is 0 Å². The molecule has 0 aromatic heterocycles. The van der Waals surface area contributed by atoms with Gasteiger partial charge < -0.3 is 4.90 Å². The van der Waals surface area contributed by atoms with Gasteiger partial charge >= 0.3 is 0 Å². The molecule has 0 fully saturated rings. The quantitative estimate of drug-likeness (QED) is 0.552. The van der Waals surface area contributed by atoms with E-state index in [1.165, 1.54) is 27.7 Å². The zero-order valence-corrected chi connectivity index (χ0v) is 13.8. The van der Waals surface area contributed by atoms with Crippen LogP contribution in [0.1, 0.15) is 26.3 Å². The Morgan fingerprint density at radius 3 is 1.91 bits per heavy atom. The summed E-state index contributed by atoms with van der Waals surface area (Å²) in [5.74, 6) is 0. The van der Waals surface area contributed by atoms with Crippen molar-refractivity contribution in [2.45, 2.75) is 33.2 Å². The van der Waals surface area contributed by atoms with E-state index in [0.29, 0.717) is 0 Å². The van der Waals surface area contributed by atoms with Crippen molar-refractivity contribution in [2.75, 3.05) is 4.90 Å². The molecule has 0 aliphatic carbocycles. The minimum absolute atomic E-state index is 0.0116. The van der Waals surface area contributed by atoms with E-state index in [9.17, 15) is 0 Å². The molecule has 0 saturated heterocycles. The van der Waals surface area contributed by atoms with E-state index in [-0.39, 0.29) is 5.54 Å². The lowest BCUT2D eigenvalue weighted by molar-refractivity contribution is 0.560. The highest BCUT2D eigenvalue weighted by molar-refractivity contribution is 5.87. The highest BCUT2D eigenvalue weighted by Gasteiger charge is 2.23. The smallest absolute Gasteiger partial charge is 0.0422 e. The number of aryl methyl sites for hydroxylation is 1. The first kappa shape index (κ1) is 14.6. The largest absolute Gasteiger partial charge is 0.336 e.